The molecule has 2 aromatic carbocycles. The molecule has 3 N–H and O–H groups in total. The lowest BCUT2D eigenvalue weighted by atomic mass is 10.1. The fourth-order valence-corrected chi connectivity index (χ4v) is 2.67. The molecule has 0 aliphatic carbocycles. The van der Waals surface area contributed by atoms with Crippen LogP contribution in [0.2, 0.25) is 5.02 Å². The number of phenolic OH excluding ortho intramolecular Hbond substituents is 1. The first-order chi connectivity index (χ1) is 10.7. The molecule has 2 aliphatic rings. The zero-order chi connectivity index (χ0) is 15.4. The number of hydrogen-bond donors (Lipinski definition) is 3. The summed E-state index contributed by atoms with van der Waals surface area (Å²) in [4.78, 5) is 0. The number of para-hydroxylation sites is 1. The van der Waals surface area contributed by atoms with Crippen LogP contribution >= 0.6 is 11.6 Å². The summed E-state index contributed by atoms with van der Waals surface area (Å²) in [6.45, 7) is 1.74. The third kappa shape index (κ3) is 3.26. The van der Waals surface area contributed by atoms with E-state index in [1.807, 2.05) is 36.4 Å². The van der Waals surface area contributed by atoms with Gasteiger partial charge in [-0.15, -0.1) is 0 Å². The Balaban J connectivity index is 0.000000131. The van der Waals surface area contributed by atoms with Gasteiger partial charge in [0.2, 0.25) is 0 Å². The summed E-state index contributed by atoms with van der Waals surface area (Å²) in [6, 6.07) is 11.2. The zero-order valence-corrected chi connectivity index (χ0v) is 12.8. The van der Waals surface area contributed by atoms with E-state index in [9.17, 15) is 0 Å². The van der Waals surface area contributed by atoms with Gasteiger partial charge in [-0.2, -0.15) is 0 Å². The Morgan fingerprint density at radius 3 is 2.50 bits per heavy atom. The first-order valence-electron chi connectivity index (χ1n) is 7.16. The van der Waals surface area contributed by atoms with Crippen molar-refractivity contribution in [1.82, 2.24) is 0 Å². The summed E-state index contributed by atoms with van der Waals surface area (Å²) in [5.74, 6) is 0.317. The van der Waals surface area contributed by atoms with E-state index in [0.717, 1.165) is 35.1 Å². The van der Waals surface area contributed by atoms with Crippen molar-refractivity contribution in [2.75, 3.05) is 23.7 Å². The predicted octanol–water partition coefficient (Wildman–Crippen LogP) is 4.61. The van der Waals surface area contributed by atoms with Crippen LogP contribution in [-0.2, 0) is 0 Å². The Kier molecular flexibility index (Phi) is 4.35. The van der Waals surface area contributed by atoms with Gasteiger partial charge in [-0.3, -0.25) is 0 Å². The molecule has 4 heteroatoms. The maximum atomic E-state index is 9.13. The molecule has 0 aromatic heterocycles. The molecule has 0 spiro atoms. The molecule has 2 aliphatic heterocycles. The molecule has 0 saturated heterocycles. The first-order valence-corrected chi connectivity index (χ1v) is 7.54. The topological polar surface area (TPSA) is 44.3 Å². The van der Waals surface area contributed by atoms with Crippen LogP contribution in [0.25, 0.3) is 12.2 Å². The predicted molar refractivity (Wildman–Crippen MR) is 94.6 cm³/mol. The Labute approximate surface area is 134 Å². The van der Waals surface area contributed by atoms with Crippen molar-refractivity contribution in [1.29, 1.82) is 0 Å². The normalized spacial score (nSPS) is 13.9. The zero-order valence-electron chi connectivity index (χ0n) is 12.0. The van der Waals surface area contributed by atoms with Crippen LogP contribution in [0.3, 0.4) is 0 Å². The van der Waals surface area contributed by atoms with Crippen molar-refractivity contribution < 1.29 is 5.11 Å². The molecule has 0 saturated carbocycles. The van der Waals surface area contributed by atoms with E-state index in [1.54, 1.807) is 12.1 Å². The molecular formula is C18H17ClN2O. The molecule has 0 bridgehead atoms. The van der Waals surface area contributed by atoms with Crippen LogP contribution in [0, 0.1) is 0 Å². The summed E-state index contributed by atoms with van der Waals surface area (Å²) in [6.07, 6.45) is 8.20. The molecule has 0 amide bonds. The van der Waals surface area contributed by atoms with Crippen molar-refractivity contribution >= 4 is 35.1 Å². The maximum absolute atomic E-state index is 9.13. The van der Waals surface area contributed by atoms with Crippen LogP contribution in [0.4, 0.5) is 11.4 Å². The fourth-order valence-electron chi connectivity index (χ4n) is 2.42. The highest BCUT2D eigenvalue weighted by molar-refractivity contribution is 6.33. The quantitative estimate of drug-likeness (QED) is 0.622. The van der Waals surface area contributed by atoms with Gasteiger partial charge in [0.05, 0.1) is 10.7 Å². The number of aromatic hydroxyl groups is 1. The summed E-state index contributed by atoms with van der Waals surface area (Å²) in [5, 5.41) is 16.3. The van der Waals surface area contributed by atoms with E-state index in [4.69, 9.17) is 16.7 Å². The molecule has 22 heavy (non-hydrogen) atoms. The second-order valence-corrected chi connectivity index (χ2v) is 5.45. The molecule has 4 rings (SSSR count). The molecule has 2 heterocycles. The summed E-state index contributed by atoms with van der Waals surface area (Å²) >= 11 is 5.95. The number of hydrogen-bond acceptors (Lipinski definition) is 3. The Hall–Kier alpha value is -2.39. The van der Waals surface area contributed by atoms with Crippen molar-refractivity contribution in [2.24, 2.45) is 0 Å². The van der Waals surface area contributed by atoms with Crippen LogP contribution < -0.4 is 10.6 Å². The second kappa shape index (κ2) is 6.58. The minimum Gasteiger partial charge on any atom is -0.508 e. The molecule has 3 nitrogen and oxygen atoms in total. The molecule has 0 unspecified atom stereocenters. The number of phenols is 1. The summed E-state index contributed by atoms with van der Waals surface area (Å²) in [5.41, 5.74) is 4.36. The number of fused-ring (bicyclic) bond motifs is 2. The molecule has 0 radical (unpaired) electrons. The SMILES string of the molecule is Clc1cccc2c1NCC=C2.Oc1ccc2c(c1)C=CCN2. The smallest absolute Gasteiger partial charge is 0.116 e. The third-order valence-electron chi connectivity index (χ3n) is 3.48. The Morgan fingerprint density at radius 2 is 1.68 bits per heavy atom. The highest BCUT2D eigenvalue weighted by Gasteiger charge is 2.05. The molecular weight excluding hydrogens is 296 g/mol. The summed E-state index contributed by atoms with van der Waals surface area (Å²) in [7, 11) is 0. The molecule has 112 valence electrons. The Morgan fingerprint density at radius 1 is 0.909 bits per heavy atom. The molecule has 0 atom stereocenters. The van der Waals surface area contributed by atoms with Crippen molar-refractivity contribution in [2.45, 2.75) is 0 Å². The number of anilines is 2. The second-order valence-electron chi connectivity index (χ2n) is 5.04. The van der Waals surface area contributed by atoms with E-state index in [-0.39, 0.29) is 0 Å². The number of halogens is 1. The minimum absolute atomic E-state index is 0.317. The Bertz CT molecular complexity index is 732. The highest BCUT2D eigenvalue weighted by atomic mass is 35.5. The van der Waals surface area contributed by atoms with Gasteiger partial charge in [0.15, 0.2) is 0 Å². The lowest BCUT2D eigenvalue weighted by Crippen LogP contribution is -2.04. The monoisotopic (exact) mass is 312 g/mol. The standard InChI is InChI=1S/C9H8ClN.C9H9NO/c10-8-5-1-3-7-4-2-6-11-9(7)8;11-8-3-4-9-7(6-8)2-1-5-10-9/h1-5,11H,6H2;1-4,6,10-11H,5H2. The first kappa shape index (κ1) is 14.5. The largest absolute Gasteiger partial charge is 0.508 e. The average molecular weight is 313 g/mol. The molecule has 0 fully saturated rings. The van der Waals surface area contributed by atoms with Crippen LogP contribution in [0.5, 0.6) is 5.75 Å². The van der Waals surface area contributed by atoms with Crippen LogP contribution in [0.15, 0.2) is 48.6 Å². The lowest BCUT2D eigenvalue weighted by Gasteiger charge is -2.13. The van der Waals surface area contributed by atoms with Gasteiger partial charge in [0.25, 0.3) is 0 Å². The van der Waals surface area contributed by atoms with Crippen LogP contribution in [-0.4, -0.2) is 18.2 Å². The van der Waals surface area contributed by atoms with Crippen LogP contribution in [0.1, 0.15) is 11.1 Å². The van der Waals surface area contributed by atoms with Gasteiger partial charge in [-0.25, -0.2) is 0 Å². The van der Waals surface area contributed by atoms with Crippen molar-refractivity contribution in [3.63, 3.8) is 0 Å². The maximum Gasteiger partial charge on any atom is 0.116 e. The number of benzene rings is 2. The van der Waals surface area contributed by atoms with E-state index < -0.39 is 0 Å². The van der Waals surface area contributed by atoms with Gasteiger partial charge in [-0.05, 0) is 29.8 Å². The fraction of sp³-hybridized carbons (Fsp3) is 0.111. The minimum atomic E-state index is 0.317. The van der Waals surface area contributed by atoms with Crippen molar-refractivity contribution in [3.05, 3.63) is 64.7 Å². The van der Waals surface area contributed by atoms with Gasteiger partial charge in [0, 0.05) is 24.3 Å². The van der Waals surface area contributed by atoms with E-state index in [0.29, 0.717) is 5.75 Å². The lowest BCUT2D eigenvalue weighted by molar-refractivity contribution is 0.475. The van der Waals surface area contributed by atoms with Gasteiger partial charge < -0.3 is 15.7 Å². The average Bonchev–Trinajstić information content (AvgIpc) is 2.56. The third-order valence-corrected chi connectivity index (χ3v) is 3.80. The van der Waals surface area contributed by atoms with E-state index >= 15 is 0 Å². The van der Waals surface area contributed by atoms with Gasteiger partial charge in [-0.1, -0.05) is 48.0 Å². The van der Waals surface area contributed by atoms with Gasteiger partial charge >= 0.3 is 0 Å². The highest BCUT2D eigenvalue weighted by Crippen LogP contribution is 2.28. The summed E-state index contributed by atoms with van der Waals surface area (Å²) < 4.78 is 0. The van der Waals surface area contributed by atoms with Gasteiger partial charge in [0.1, 0.15) is 5.75 Å². The number of nitrogens with one attached hydrogen (secondary N) is 2. The van der Waals surface area contributed by atoms with E-state index in [2.05, 4.69) is 22.8 Å². The number of rotatable bonds is 0. The molecule has 2 aromatic rings. The van der Waals surface area contributed by atoms with Crippen molar-refractivity contribution in [3.8, 4) is 5.75 Å². The van der Waals surface area contributed by atoms with E-state index in [1.165, 1.54) is 5.56 Å².